The van der Waals surface area contributed by atoms with Crippen molar-refractivity contribution in [2.75, 3.05) is 20.3 Å². The highest BCUT2D eigenvalue weighted by molar-refractivity contribution is 7.62. The summed E-state index contributed by atoms with van der Waals surface area (Å²) in [6, 6.07) is 0. The fraction of sp³-hybridized carbons (Fsp3) is 0.375. The van der Waals surface area contributed by atoms with Gasteiger partial charge in [-0.1, -0.05) is 0 Å². The number of rotatable bonds is 4. The molecule has 0 aromatic heterocycles. The molecule has 0 fully saturated rings. The summed E-state index contributed by atoms with van der Waals surface area (Å²) in [7, 11) is -1.75. The van der Waals surface area contributed by atoms with Crippen LogP contribution in [0.3, 0.4) is 0 Å². The highest BCUT2D eigenvalue weighted by Crippen LogP contribution is 2.56. The lowest BCUT2D eigenvalue weighted by Gasteiger charge is -2.18. The molecule has 1 aliphatic heterocycles. The summed E-state index contributed by atoms with van der Waals surface area (Å²) < 4.78 is 14.1. The van der Waals surface area contributed by atoms with Gasteiger partial charge in [0.2, 0.25) is 0 Å². The van der Waals surface area contributed by atoms with E-state index in [9.17, 15) is 9.69 Å². The lowest BCUT2D eigenvalue weighted by Crippen LogP contribution is -2.10. The molecule has 1 unspecified atom stereocenters. The first-order valence-electron chi connectivity index (χ1n) is 3.97. The van der Waals surface area contributed by atoms with Crippen molar-refractivity contribution in [3.8, 4) is 0 Å². The molecule has 14 heavy (non-hydrogen) atoms. The van der Waals surface area contributed by atoms with E-state index in [1.54, 1.807) is 6.08 Å². The first kappa shape index (κ1) is 11.3. The van der Waals surface area contributed by atoms with Gasteiger partial charge in [-0.05, 0) is 12.2 Å². The van der Waals surface area contributed by atoms with Gasteiger partial charge in [-0.15, -0.1) is 0 Å². The van der Waals surface area contributed by atoms with E-state index in [1.807, 2.05) is 0 Å². The fourth-order valence-corrected chi connectivity index (χ4v) is 1.98. The molecular weight excluding hydrogens is 207 g/mol. The molecule has 78 valence electrons. The third kappa shape index (κ3) is 3.55. The zero-order valence-electron chi connectivity index (χ0n) is 7.71. The number of hydrogen-bond donors (Lipinski definition) is 0. The van der Waals surface area contributed by atoms with Crippen molar-refractivity contribution in [2.24, 2.45) is 0 Å². The molecule has 1 atom stereocenters. The van der Waals surface area contributed by atoms with Crippen LogP contribution in [0.4, 0.5) is 0 Å². The summed E-state index contributed by atoms with van der Waals surface area (Å²) >= 11 is 0. The van der Waals surface area contributed by atoms with Crippen molar-refractivity contribution in [3.05, 3.63) is 24.0 Å². The smallest absolute Gasteiger partial charge is 0.330 e. The van der Waals surface area contributed by atoms with Crippen LogP contribution in [0.2, 0.25) is 0 Å². The second-order valence-corrected chi connectivity index (χ2v) is 4.34. The predicted molar refractivity (Wildman–Crippen MR) is 49.1 cm³/mol. The Labute approximate surface area is 82.5 Å². The van der Waals surface area contributed by atoms with Gasteiger partial charge in [-0.3, -0.25) is 0 Å². The minimum Gasteiger partial charge on any atom is -0.628 e. The third-order valence-electron chi connectivity index (χ3n) is 1.44. The predicted octanol–water partition coefficient (Wildman–Crippen LogP) is 0.399. The van der Waals surface area contributed by atoms with Crippen molar-refractivity contribution >= 4 is 13.9 Å². The van der Waals surface area contributed by atoms with Crippen molar-refractivity contribution in [2.45, 2.75) is 0 Å². The number of ether oxygens (including phenoxy) is 1. The van der Waals surface area contributed by atoms with Crippen LogP contribution in [-0.2, 0) is 18.6 Å². The quantitative estimate of drug-likeness (QED) is 0.388. The van der Waals surface area contributed by atoms with Crippen molar-refractivity contribution in [1.82, 2.24) is 0 Å². The normalized spacial score (nSPS) is 25.9. The zero-order valence-corrected chi connectivity index (χ0v) is 8.61. The van der Waals surface area contributed by atoms with Gasteiger partial charge in [0.1, 0.15) is 19.0 Å². The average Bonchev–Trinajstić information content (AvgIpc) is 2.60. The molecule has 1 heterocycles. The van der Waals surface area contributed by atoms with Crippen molar-refractivity contribution in [3.63, 3.8) is 0 Å². The van der Waals surface area contributed by atoms with Crippen LogP contribution in [0.5, 0.6) is 0 Å². The highest BCUT2D eigenvalue weighted by Gasteiger charge is 2.29. The van der Waals surface area contributed by atoms with Gasteiger partial charge >= 0.3 is 5.97 Å². The van der Waals surface area contributed by atoms with E-state index < -0.39 is 13.9 Å². The molecule has 0 aromatic rings. The Morgan fingerprint density at radius 2 is 2.57 bits per heavy atom. The number of carbonyl (C=O) groups excluding carboxylic acids is 1. The fourth-order valence-electron chi connectivity index (χ4n) is 0.802. The van der Waals surface area contributed by atoms with Crippen LogP contribution in [0, 0.1) is 0 Å². The minimum atomic E-state index is -3.02. The number of methoxy groups -OCH3 is 1. The first-order valence-corrected chi connectivity index (χ1v) is 5.58. The van der Waals surface area contributed by atoms with E-state index in [0.29, 0.717) is 6.61 Å². The molecule has 0 aliphatic carbocycles. The lowest BCUT2D eigenvalue weighted by molar-refractivity contribution is -0.211. The number of esters is 1. The summed E-state index contributed by atoms with van der Waals surface area (Å²) in [4.78, 5) is 22.1. The van der Waals surface area contributed by atoms with Gasteiger partial charge < -0.3 is 9.63 Å². The SMILES string of the molecule is COC(=O)/C=C/CO[P+]1([O-])C=CCO1. The zero-order chi connectivity index (χ0) is 10.4. The van der Waals surface area contributed by atoms with E-state index in [4.69, 9.17) is 9.05 Å². The number of carbonyl (C=O) groups is 1. The largest absolute Gasteiger partial charge is 0.628 e. The molecule has 5 nitrogen and oxygen atoms in total. The van der Waals surface area contributed by atoms with E-state index in [-0.39, 0.29) is 6.61 Å². The van der Waals surface area contributed by atoms with Gasteiger partial charge in [0.25, 0.3) is 7.94 Å². The Balaban J connectivity index is 2.24. The summed E-state index contributed by atoms with van der Waals surface area (Å²) in [5.41, 5.74) is 0. The second kappa shape index (κ2) is 5.22. The van der Waals surface area contributed by atoms with Crippen LogP contribution in [0.15, 0.2) is 24.0 Å². The maximum atomic E-state index is 11.4. The summed E-state index contributed by atoms with van der Waals surface area (Å²) in [5.74, 6) is 0.925. The molecule has 0 N–H and O–H groups in total. The topological polar surface area (TPSA) is 67.8 Å². The lowest BCUT2D eigenvalue weighted by atomic mass is 10.5. The van der Waals surface area contributed by atoms with Crippen LogP contribution in [-0.4, -0.2) is 26.3 Å². The number of hydrogen-bond acceptors (Lipinski definition) is 5. The third-order valence-corrected chi connectivity index (χ3v) is 3.04. The Hall–Kier alpha value is -0.740. The molecule has 0 amide bonds. The average molecular weight is 218 g/mol. The first-order chi connectivity index (χ1) is 6.66. The van der Waals surface area contributed by atoms with Crippen molar-refractivity contribution < 1.29 is 23.5 Å². The Bertz CT molecular complexity index is 262. The second-order valence-electron chi connectivity index (χ2n) is 2.44. The molecule has 0 bridgehead atoms. The van der Waals surface area contributed by atoms with Gasteiger partial charge in [-0.25, -0.2) is 13.8 Å². The molecule has 1 rings (SSSR count). The van der Waals surface area contributed by atoms with E-state index in [0.717, 1.165) is 0 Å². The Morgan fingerprint density at radius 3 is 3.14 bits per heavy atom. The van der Waals surface area contributed by atoms with Gasteiger partial charge in [0, 0.05) is 6.08 Å². The van der Waals surface area contributed by atoms with Crippen LogP contribution in [0.25, 0.3) is 0 Å². The molecule has 1 aliphatic rings. The van der Waals surface area contributed by atoms with Crippen LogP contribution >= 0.6 is 7.94 Å². The standard InChI is InChI=1S/C8H11O5P/c1-11-8(9)4-2-5-12-14(10)7-3-6-13-14/h2-4,7H,5-6H2,1H3/b4-2+. The molecular formula is C8H11O5P. The van der Waals surface area contributed by atoms with Gasteiger partial charge in [0.15, 0.2) is 0 Å². The molecule has 6 heteroatoms. The highest BCUT2D eigenvalue weighted by atomic mass is 31.2. The Kier molecular flexibility index (Phi) is 4.22. The molecule has 0 saturated heterocycles. The maximum Gasteiger partial charge on any atom is 0.330 e. The van der Waals surface area contributed by atoms with E-state index in [2.05, 4.69) is 4.74 Å². The van der Waals surface area contributed by atoms with Gasteiger partial charge in [0.05, 0.1) is 7.11 Å². The maximum absolute atomic E-state index is 11.4. The summed E-state index contributed by atoms with van der Waals surface area (Å²) in [6.45, 7) is 0.356. The van der Waals surface area contributed by atoms with Crippen molar-refractivity contribution in [1.29, 1.82) is 0 Å². The summed E-state index contributed by atoms with van der Waals surface area (Å²) in [5, 5.41) is 0. The molecule has 0 aromatic carbocycles. The van der Waals surface area contributed by atoms with E-state index >= 15 is 0 Å². The van der Waals surface area contributed by atoms with Gasteiger partial charge in [-0.2, -0.15) is 0 Å². The monoisotopic (exact) mass is 218 g/mol. The molecule has 0 radical (unpaired) electrons. The molecule has 0 spiro atoms. The van der Waals surface area contributed by atoms with E-state index in [1.165, 1.54) is 25.1 Å². The van der Waals surface area contributed by atoms with Crippen LogP contribution in [0.1, 0.15) is 0 Å². The minimum absolute atomic E-state index is 0.0523. The Morgan fingerprint density at radius 1 is 1.79 bits per heavy atom. The van der Waals surface area contributed by atoms with Crippen LogP contribution < -0.4 is 4.89 Å². The molecule has 0 saturated carbocycles. The summed E-state index contributed by atoms with van der Waals surface area (Å²) in [6.07, 6.45) is 4.25.